The Morgan fingerprint density at radius 1 is 1.19 bits per heavy atom. The number of phenolic OH excluding ortho intramolecular Hbond substituents is 1. The molecule has 0 atom stereocenters. The number of hydrogen-bond donors (Lipinski definition) is 1. The largest absolute Gasteiger partial charge is 0.506 e. The third kappa shape index (κ3) is 3.30. The Morgan fingerprint density at radius 3 is 2.69 bits per heavy atom. The number of aromatic nitrogens is 3. The molecule has 1 aliphatic heterocycles. The average molecular weight is 371 g/mol. The minimum absolute atomic E-state index is 0.117. The summed E-state index contributed by atoms with van der Waals surface area (Å²) in [4.78, 5) is 22.0. The smallest absolute Gasteiger partial charge is 0.275 e. The van der Waals surface area contributed by atoms with Gasteiger partial charge in [-0.2, -0.15) is 9.61 Å². The second kappa shape index (κ2) is 7.05. The Kier molecular flexibility index (Phi) is 4.60. The van der Waals surface area contributed by atoms with Crippen LogP contribution < -0.4 is 10.5 Å². The molecule has 0 bridgehead atoms. The van der Waals surface area contributed by atoms with Crippen LogP contribution in [0.4, 0.5) is 5.69 Å². The van der Waals surface area contributed by atoms with Crippen LogP contribution in [-0.4, -0.2) is 50.8 Å². The maximum absolute atomic E-state index is 12.3. The second-order valence-electron chi connectivity index (χ2n) is 6.38. The first-order chi connectivity index (χ1) is 12.6. The van der Waals surface area contributed by atoms with Gasteiger partial charge in [-0.3, -0.25) is 9.69 Å². The molecule has 0 amide bonds. The molecule has 1 aromatic carbocycles. The van der Waals surface area contributed by atoms with Crippen molar-refractivity contribution in [3.05, 3.63) is 51.4 Å². The van der Waals surface area contributed by atoms with Gasteiger partial charge in [0.15, 0.2) is 0 Å². The van der Waals surface area contributed by atoms with E-state index in [0.717, 1.165) is 49.0 Å². The van der Waals surface area contributed by atoms with Gasteiger partial charge in [-0.1, -0.05) is 30.4 Å². The van der Waals surface area contributed by atoms with Gasteiger partial charge in [-0.05, 0) is 18.6 Å². The summed E-state index contributed by atoms with van der Waals surface area (Å²) in [5.74, 6) is 0.318. The minimum Gasteiger partial charge on any atom is -0.506 e. The van der Waals surface area contributed by atoms with E-state index in [9.17, 15) is 9.90 Å². The number of phenols is 1. The number of nitrogens with zero attached hydrogens (tertiary/aromatic N) is 5. The molecule has 0 unspecified atom stereocenters. The van der Waals surface area contributed by atoms with E-state index in [1.807, 2.05) is 25.1 Å². The number of piperazine rings is 1. The van der Waals surface area contributed by atoms with Crippen molar-refractivity contribution in [3.63, 3.8) is 0 Å². The van der Waals surface area contributed by atoms with Crippen LogP contribution in [0.3, 0.4) is 0 Å². The molecule has 1 aliphatic rings. The standard InChI is InChI=1S/C18H21N5O2S/c1-2-16-20-23-17(25)11-13(19-18(23)26-16)12-21-7-9-22(10-8-21)14-5-3-4-6-15(14)24/h3-6,11,24H,2,7-10,12H2,1H3. The van der Waals surface area contributed by atoms with Gasteiger partial charge in [-0.15, -0.1) is 0 Å². The summed E-state index contributed by atoms with van der Waals surface area (Å²) < 4.78 is 1.39. The highest BCUT2D eigenvalue weighted by molar-refractivity contribution is 7.16. The summed E-state index contributed by atoms with van der Waals surface area (Å²) in [6.45, 7) is 6.06. The van der Waals surface area contributed by atoms with Crippen molar-refractivity contribution < 1.29 is 5.11 Å². The molecule has 0 radical (unpaired) electrons. The predicted molar refractivity (Wildman–Crippen MR) is 102 cm³/mol. The lowest BCUT2D eigenvalue weighted by atomic mass is 10.2. The summed E-state index contributed by atoms with van der Waals surface area (Å²) in [7, 11) is 0. The average Bonchev–Trinajstić information content (AvgIpc) is 3.07. The Balaban J connectivity index is 1.45. The van der Waals surface area contributed by atoms with Crippen LogP contribution in [0.2, 0.25) is 0 Å². The predicted octanol–water partition coefficient (Wildman–Crippen LogP) is 1.74. The van der Waals surface area contributed by atoms with Crippen LogP contribution in [0.1, 0.15) is 17.6 Å². The van der Waals surface area contributed by atoms with E-state index in [0.29, 0.717) is 17.3 Å². The van der Waals surface area contributed by atoms with Gasteiger partial charge < -0.3 is 10.0 Å². The third-order valence-corrected chi connectivity index (χ3v) is 5.68. The van der Waals surface area contributed by atoms with Crippen LogP contribution >= 0.6 is 11.3 Å². The molecule has 1 N–H and O–H groups in total. The fourth-order valence-electron chi connectivity index (χ4n) is 3.23. The summed E-state index contributed by atoms with van der Waals surface area (Å²) in [5.41, 5.74) is 1.55. The maximum Gasteiger partial charge on any atom is 0.275 e. The van der Waals surface area contributed by atoms with E-state index in [1.165, 1.54) is 15.9 Å². The van der Waals surface area contributed by atoms with Crippen molar-refractivity contribution in [3.8, 4) is 5.75 Å². The van der Waals surface area contributed by atoms with Gasteiger partial charge in [0.2, 0.25) is 4.96 Å². The van der Waals surface area contributed by atoms with Gasteiger partial charge in [-0.25, -0.2) is 4.98 Å². The zero-order chi connectivity index (χ0) is 18.1. The number of benzene rings is 1. The molecule has 0 spiro atoms. The van der Waals surface area contributed by atoms with Crippen LogP contribution in [0.25, 0.3) is 4.96 Å². The minimum atomic E-state index is -0.117. The first-order valence-electron chi connectivity index (χ1n) is 8.78. The number of fused-ring (bicyclic) bond motifs is 1. The highest BCUT2D eigenvalue weighted by Gasteiger charge is 2.20. The van der Waals surface area contributed by atoms with E-state index < -0.39 is 0 Å². The van der Waals surface area contributed by atoms with Crippen molar-refractivity contribution in [1.82, 2.24) is 19.5 Å². The Hall–Kier alpha value is -2.45. The molecular weight excluding hydrogens is 350 g/mol. The fraction of sp³-hybridized carbons (Fsp3) is 0.389. The number of aromatic hydroxyl groups is 1. The SMILES string of the molecule is CCc1nn2c(=O)cc(CN3CCN(c4ccccc4O)CC3)nc2s1. The van der Waals surface area contributed by atoms with E-state index in [-0.39, 0.29) is 5.56 Å². The van der Waals surface area contributed by atoms with Gasteiger partial charge in [0.25, 0.3) is 5.56 Å². The van der Waals surface area contributed by atoms with Crippen LogP contribution in [0.5, 0.6) is 5.75 Å². The summed E-state index contributed by atoms with van der Waals surface area (Å²) in [5, 5.41) is 15.2. The van der Waals surface area contributed by atoms with Crippen molar-refractivity contribution in [2.45, 2.75) is 19.9 Å². The number of anilines is 1. The highest BCUT2D eigenvalue weighted by atomic mass is 32.1. The van der Waals surface area contributed by atoms with Crippen molar-refractivity contribution in [2.24, 2.45) is 0 Å². The number of para-hydroxylation sites is 2. The van der Waals surface area contributed by atoms with Crippen molar-refractivity contribution in [2.75, 3.05) is 31.1 Å². The highest BCUT2D eigenvalue weighted by Crippen LogP contribution is 2.27. The summed E-state index contributed by atoms with van der Waals surface area (Å²) in [6, 6.07) is 9.01. The molecule has 3 aromatic rings. The van der Waals surface area contributed by atoms with Crippen LogP contribution in [0.15, 0.2) is 35.1 Å². The second-order valence-corrected chi connectivity index (χ2v) is 7.42. The van der Waals surface area contributed by atoms with Crippen LogP contribution in [0, 0.1) is 0 Å². The lowest BCUT2D eigenvalue weighted by Crippen LogP contribution is -2.46. The quantitative estimate of drug-likeness (QED) is 0.753. The molecule has 2 aromatic heterocycles. The molecule has 1 saturated heterocycles. The topological polar surface area (TPSA) is 74.0 Å². The fourth-order valence-corrected chi connectivity index (χ4v) is 4.09. The van der Waals surface area contributed by atoms with E-state index >= 15 is 0 Å². The van der Waals surface area contributed by atoms with E-state index in [4.69, 9.17) is 0 Å². The first kappa shape index (κ1) is 17.0. The zero-order valence-corrected chi connectivity index (χ0v) is 15.4. The van der Waals surface area contributed by atoms with E-state index in [1.54, 1.807) is 12.1 Å². The van der Waals surface area contributed by atoms with Gasteiger partial charge >= 0.3 is 0 Å². The number of hydrogen-bond acceptors (Lipinski definition) is 7. The molecule has 4 rings (SSSR count). The Bertz CT molecular complexity index is 975. The monoisotopic (exact) mass is 371 g/mol. The normalized spacial score (nSPS) is 15.7. The lowest BCUT2D eigenvalue weighted by Gasteiger charge is -2.36. The summed E-state index contributed by atoms with van der Waals surface area (Å²) >= 11 is 1.47. The maximum atomic E-state index is 12.3. The van der Waals surface area contributed by atoms with Crippen molar-refractivity contribution in [1.29, 1.82) is 0 Å². The zero-order valence-electron chi connectivity index (χ0n) is 14.6. The third-order valence-electron chi connectivity index (χ3n) is 4.62. The van der Waals surface area contributed by atoms with Gasteiger partial charge in [0.05, 0.1) is 11.4 Å². The van der Waals surface area contributed by atoms with Crippen molar-refractivity contribution >= 4 is 22.0 Å². The Labute approximate surface area is 155 Å². The summed E-state index contributed by atoms with van der Waals surface area (Å²) in [6.07, 6.45) is 0.803. The number of aryl methyl sites for hydroxylation is 1. The van der Waals surface area contributed by atoms with Gasteiger partial charge in [0, 0.05) is 38.8 Å². The lowest BCUT2D eigenvalue weighted by molar-refractivity contribution is 0.246. The number of rotatable bonds is 4. The molecular formula is C18H21N5O2S. The Morgan fingerprint density at radius 2 is 1.96 bits per heavy atom. The molecule has 7 nitrogen and oxygen atoms in total. The molecule has 26 heavy (non-hydrogen) atoms. The first-order valence-corrected chi connectivity index (χ1v) is 9.59. The molecule has 1 fully saturated rings. The molecule has 3 heterocycles. The molecule has 0 aliphatic carbocycles. The molecule has 0 saturated carbocycles. The van der Waals surface area contributed by atoms with E-state index in [2.05, 4.69) is 19.9 Å². The van der Waals surface area contributed by atoms with Gasteiger partial charge in [0.1, 0.15) is 10.8 Å². The van der Waals surface area contributed by atoms with Crippen LogP contribution in [-0.2, 0) is 13.0 Å². The molecule has 136 valence electrons. The molecule has 8 heteroatoms.